The van der Waals surface area contributed by atoms with Gasteiger partial charge in [-0.15, -0.1) is 10.2 Å². The van der Waals surface area contributed by atoms with E-state index in [9.17, 15) is 4.79 Å². The predicted octanol–water partition coefficient (Wildman–Crippen LogP) is 3.37. The average molecular weight is 370 g/mol. The molecule has 1 amide bonds. The van der Waals surface area contributed by atoms with E-state index in [1.807, 2.05) is 66.7 Å². The minimum Gasteiger partial charge on any atom is -0.364 e. The zero-order valence-electron chi connectivity index (χ0n) is 14.9. The second-order valence-corrected chi connectivity index (χ2v) is 5.64. The van der Waals surface area contributed by atoms with E-state index in [1.165, 1.54) is 6.20 Å². The molecule has 0 aliphatic heterocycles. The number of nitrogens with two attached hydrogens (primary N) is 1. The fourth-order valence-corrected chi connectivity index (χ4v) is 2.48. The van der Waals surface area contributed by atoms with Crippen LogP contribution in [-0.4, -0.2) is 31.5 Å². The van der Waals surface area contributed by atoms with Crippen LogP contribution in [0.4, 0.5) is 0 Å². The lowest BCUT2D eigenvalue weighted by Crippen LogP contribution is -2.12. The van der Waals surface area contributed by atoms with Crippen molar-refractivity contribution in [2.45, 2.75) is 0 Å². The normalized spacial score (nSPS) is 9.71. The molecule has 0 radical (unpaired) electrons. The third kappa shape index (κ3) is 4.95. The molecular formula is C21H18N6O. The Morgan fingerprint density at radius 1 is 0.750 bits per heavy atom. The summed E-state index contributed by atoms with van der Waals surface area (Å²) in [4.78, 5) is 14.4. The van der Waals surface area contributed by atoms with Gasteiger partial charge in [0.05, 0.1) is 11.7 Å². The number of amides is 1. The number of hydrogen-bond donors (Lipinski definition) is 2. The van der Waals surface area contributed by atoms with Crippen LogP contribution in [0.15, 0.2) is 91.1 Å². The second-order valence-electron chi connectivity index (χ2n) is 5.64. The van der Waals surface area contributed by atoms with Gasteiger partial charge in [-0.05, 0) is 40.8 Å². The number of nitrogens with zero attached hydrogens (tertiary/aromatic N) is 4. The molecule has 0 saturated carbocycles. The number of carbonyl (C=O) groups is 1. The number of hydrogen-bond acceptors (Lipinski definition) is 5. The molecule has 7 heteroatoms. The Morgan fingerprint density at radius 3 is 2.21 bits per heavy atom. The lowest BCUT2D eigenvalue weighted by molar-refractivity contribution is 0.0996. The monoisotopic (exact) mass is 370 g/mol. The highest BCUT2D eigenvalue weighted by Gasteiger charge is 2.04. The van der Waals surface area contributed by atoms with Crippen LogP contribution < -0.4 is 5.73 Å². The van der Waals surface area contributed by atoms with Crippen molar-refractivity contribution in [1.82, 2.24) is 25.6 Å². The van der Waals surface area contributed by atoms with Gasteiger partial charge in [-0.2, -0.15) is 0 Å². The van der Waals surface area contributed by atoms with Gasteiger partial charge >= 0.3 is 0 Å². The number of pyridine rings is 1. The summed E-state index contributed by atoms with van der Waals surface area (Å²) in [6, 6.07) is 25.9. The third-order valence-electron chi connectivity index (χ3n) is 3.76. The number of fused-ring (bicyclic) bond motifs is 3. The molecule has 28 heavy (non-hydrogen) atoms. The molecule has 0 bridgehead atoms. The zero-order valence-corrected chi connectivity index (χ0v) is 14.9. The Morgan fingerprint density at radius 2 is 1.46 bits per heavy atom. The molecule has 0 aliphatic rings. The first kappa shape index (κ1) is 18.7. The predicted molar refractivity (Wildman–Crippen MR) is 108 cm³/mol. The molecule has 3 aromatic rings. The average Bonchev–Trinajstić information content (AvgIpc) is 2.70. The largest absolute Gasteiger partial charge is 0.364 e. The Hall–Kier alpha value is -4.13. The number of aromatic amines is 1. The number of primary amides is 1. The van der Waals surface area contributed by atoms with Crippen LogP contribution in [0, 0.1) is 0 Å². The van der Waals surface area contributed by atoms with Gasteiger partial charge in [-0.1, -0.05) is 54.6 Å². The van der Waals surface area contributed by atoms with Crippen LogP contribution in [0.5, 0.6) is 0 Å². The molecule has 0 atom stereocenters. The van der Waals surface area contributed by atoms with Crippen molar-refractivity contribution in [2.24, 2.45) is 5.73 Å². The number of rotatable bonds is 1. The van der Waals surface area contributed by atoms with Crippen molar-refractivity contribution in [3.63, 3.8) is 0 Å². The van der Waals surface area contributed by atoms with Crippen LogP contribution in [0.3, 0.4) is 0 Å². The van der Waals surface area contributed by atoms with Crippen molar-refractivity contribution in [3.05, 3.63) is 96.8 Å². The summed E-state index contributed by atoms with van der Waals surface area (Å²) >= 11 is 0. The van der Waals surface area contributed by atoms with Gasteiger partial charge in [-0.25, -0.2) is 0 Å². The lowest BCUT2D eigenvalue weighted by atomic mass is 10.1. The molecular weight excluding hydrogens is 352 g/mol. The zero-order chi connectivity index (χ0) is 19.6. The molecule has 0 saturated heterocycles. The Labute approximate surface area is 161 Å². The fraction of sp³-hybridized carbons (Fsp3) is 0. The fourth-order valence-electron chi connectivity index (χ4n) is 2.48. The van der Waals surface area contributed by atoms with Gasteiger partial charge in [-0.3, -0.25) is 4.79 Å². The molecule has 1 aromatic carbocycles. The van der Waals surface area contributed by atoms with Crippen LogP contribution >= 0.6 is 0 Å². The molecule has 2 heterocycles. The maximum absolute atomic E-state index is 11.4. The summed E-state index contributed by atoms with van der Waals surface area (Å²) in [5.41, 5.74) is 7.06. The van der Waals surface area contributed by atoms with Crippen molar-refractivity contribution in [1.29, 1.82) is 0 Å². The van der Waals surface area contributed by atoms with E-state index in [1.54, 1.807) is 18.2 Å². The highest BCUT2D eigenvalue weighted by molar-refractivity contribution is 6.05. The number of benzene rings is 1. The molecule has 0 spiro atoms. The van der Waals surface area contributed by atoms with Gasteiger partial charge in [0.25, 0.3) is 5.91 Å². The summed E-state index contributed by atoms with van der Waals surface area (Å²) in [6.07, 6.45) is 1.52. The Balaban J connectivity index is 2.28. The standard InChI is InChI=1S/C21H18N6O/c22-21(28)20-12-11-17-16-10-8-6-4-2-1-3-5-7-9-15-23-26-27-25-19(16)14-13-18(17)24-20/h1-15,24H,(H2,22,28). The Kier molecular flexibility index (Phi) is 6.35. The summed E-state index contributed by atoms with van der Waals surface area (Å²) in [6.45, 7) is 0. The van der Waals surface area contributed by atoms with E-state index in [2.05, 4.69) is 25.6 Å². The van der Waals surface area contributed by atoms with Gasteiger partial charge in [0, 0.05) is 16.3 Å². The molecule has 138 valence electrons. The first-order chi connectivity index (χ1) is 13.8. The van der Waals surface area contributed by atoms with E-state index >= 15 is 0 Å². The van der Waals surface area contributed by atoms with E-state index in [0.29, 0.717) is 11.2 Å². The highest BCUT2D eigenvalue weighted by atomic mass is 16.1. The first-order valence-corrected chi connectivity index (χ1v) is 8.52. The maximum Gasteiger partial charge on any atom is 0.265 e. The summed E-state index contributed by atoms with van der Waals surface area (Å²) in [5, 5.41) is 17.1. The topological polar surface area (TPSA) is 110 Å². The minimum absolute atomic E-state index is 0.331. The molecule has 7 nitrogen and oxygen atoms in total. The number of carbonyl (C=O) groups excluding carboxylic acids is 1. The lowest BCUT2D eigenvalue weighted by Gasteiger charge is -2.03. The second kappa shape index (κ2) is 9.54. The third-order valence-corrected chi connectivity index (χ3v) is 3.76. The molecule has 2 aromatic heterocycles. The first-order valence-electron chi connectivity index (χ1n) is 8.52. The van der Waals surface area contributed by atoms with Gasteiger partial charge in [0.1, 0.15) is 5.69 Å². The summed E-state index contributed by atoms with van der Waals surface area (Å²) < 4.78 is 0. The van der Waals surface area contributed by atoms with Crippen molar-refractivity contribution in [3.8, 4) is 0 Å². The molecule has 0 aliphatic carbocycles. The minimum atomic E-state index is -0.519. The van der Waals surface area contributed by atoms with Crippen LogP contribution in [0.1, 0.15) is 10.5 Å². The van der Waals surface area contributed by atoms with E-state index in [0.717, 1.165) is 16.3 Å². The van der Waals surface area contributed by atoms with Crippen LogP contribution in [0.2, 0.25) is 0 Å². The molecule has 3 N–H and O–H groups in total. The number of aromatic nitrogens is 5. The van der Waals surface area contributed by atoms with Crippen molar-refractivity contribution < 1.29 is 4.79 Å². The number of nitrogens with one attached hydrogen (secondary N) is 1. The molecule has 0 fully saturated rings. The summed E-state index contributed by atoms with van der Waals surface area (Å²) in [5.74, 6) is -0.519. The van der Waals surface area contributed by atoms with Crippen LogP contribution in [0.25, 0.3) is 21.8 Å². The van der Waals surface area contributed by atoms with E-state index in [4.69, 9.17) is 5.73 Å². The highest BCUT2D eigenvalue weighted by Crippen LogP contribution is 2.21. The van der Waals surface area contributed by atoms with Gasteiger partial charge < -0.3 is 10.7 Å². The summed E-state index contributed by atoms with van der Waals surface area (Å²) in [7, 11) is 0. The Bertz CT molecular complexity index is 1170. The molecule has 3 rings (SSSR count). The van der Waals surface area contributed by atoms with Crippen molar-refractivity contribution in [2.75, 3.05) is 0 Å². The molecule has 0 unspecified atom stereocenters. The SMILES string of the molecule is NC(=O)c1ccc2c(ccc3nnnncccccccccccc32)[nH]1. The number of H-pyrrole nitrogens is 1. The van der Waals surface area contributed by atoms with Gasteiger partial charge in [0.2, 0.25) is 0 Å². The van der Waals surface area contributed by atoms with Crippen LogP contribution in [-0.2, 0) is 0 Å². The van der Waals surface area contributed by atoms with E-state index < -0.39 is 5.91 Å². The van der Waals surface area contributed by atoms with Gasteiger partial charge in [0.15, 0.2) is 0 Å². The van der Waals surface area contributed by atoms with E-state index in [-0.39, 0.29) is 0 Å². The quantitative estimate of drug-likeness (QED) is 0.682. The smallest absolute Gasteiger partial charge is 0.265 e. The van der Waals surface area contributed by atoms with Crippen molar-refractivity contribution >= 4 is 27.7 Å². The maximum atomic E-state index is 11.4.